The smallest absolute Gasteiger partial charge is 0.258 e. The van der Waals surface area contributed by atoms with Crippen molar-refractivity contribution in [1.29, 1.82) is 0 Å². The van der Waals surface area contributed by atoms with Crippen molar-refractivity contribution in [2.45, 2.75) is 51.3 Å². The fraction of sp³-hybridized carbons (Fsp3) is 0.440. The van der Waals surface area contributed by atoms with E-state index in [2.05, 4.69) is 30.5 Å². The van der Waals surface area contributed by atoms with Gasteiger partial charge in [0.2, 0.25) is 5.91 Å². The van der Waals surface area contributed by atoms with Gasteiger partial charge in [-0.05, 0) is 43.9 Å². The van der Waals surface area contributed by atoms with Crippen LogP contribution >= 0.6 is 11.6 Å². The van der Waals surface area contributed by atoms with Gasteiger partial charge in [0.25, 0.3) is 5.56 Å². The standard InChI is InChI=1S/C25H28ClFN6O4/c26-17-11-15(3-4-18(17)27)36-14-20-30-24-16(25(35)31-20)7-8-29-19(24)12-28-13-21(34)32-22-5-6-23(37-22)33-9-1-2-10-33/h3-4,7-8,11,22-23,28H,1-2,5-6,9-10,12-14H2,(H,32,34)(H,30,31,35)/t22-,23?/m1/s1. The summed E-state index contributed by atoms with van der Waals surface area (Å²) in [4.78, 5) is 38.9. The number of hydrogen-bond acceptors (Lipinski definition) is 8. The first-order valence-electron chi connectivity index (χ1n) is 12.3. The number of pyridine rings is 1. The highest BCUT2D eigenvalue weighted by molar-refractivity contribution is 6.30. The average Bonchev–Trinajstić information content (AvgIpc) is 3.57. The van der Waals surface area contributed by atoms with Crippen molar-refractivity contribution in [2.24, 2.45) is 0 Å². The number of fused-ring (bicyclic) bond motifs is 1. The zero-order valence-corrected chi connectivity index (χ0v) is 20.9. The normalized spacial score (nSPS) is 19.9. The molecule has 1 amide bonds. The molecule has 0 bridgehead atoms. The predicted octanol–water partition coefficient (Wildman–Crippen LogP) is 2.45. The summed E-state index contributed by atoms with van der Waals surface area (Å²) in [6.07, 6.45) is 5.43. The molecule has 2 aromatic heterocycles. The van der Waals surface area contributed by atoms with E-state index in [1.807, 2.05) is 0 Å². The highest BCUT2D eigenvalue weighted by Gasteiger charge is 2.31. The number of nitrogens with one attached hydrogen (secondary N) is 3. The van der Waals surface area contributed by atoms with Gasteiger partial charge in [-0.15, -0.1) is 0 Å². The van der Waals surface area contributed by atoms with Crippen LogP contribution in [0.4, 0.5) is 4.39 Å². The highest BCUT2D eigenvalue weighted by Crippen LogP contribution is 2.24. The molecule has 2 aliphatic heterocycles. The summed E-state index contributed by atoms with van der Waals surface area (Å²) < 4.78 is 25.0. The third-order valence-electron chi connectivity index (χ3n) is 6.46. The largest absolute Gasteiger partial charge is 0.486 e. The molecule has 0 aliphatic carbocycles. The van der Waals surface area contributed by atoms with Gasteiger partial charge in [0.15, 0.2) is 0 Å². The minimum atomic E-state index is -0.551. The number of carbonyl (C=O) groups is 1. The Kier molecular flexibility index (Phi) is 7.94. The Hall–Kier alpha value is -3.12. The van der Waals surface area contributed by atoms with E-state index in [1.54, 1.807) is 6.07 Å². The van der Waals surface area contributed by atoms with E-state index in [4.69, 9.17) is 21.1 Å². The molecule has 5 rings (SSSR count). The second-order valence-electron chi connectivity index (χ2n) is 9.10. The lowest BCUT2D eigenvalue weighted by Crippen LogP contribution is -2.42. The average molecular weight is 531 g/mol. The van der Waals surface area contributed by atoms with Crippen LogP contribution in [0.25, 0.3) is 10.9 Å². The number of hydrogen-bond donors (Lipinski definition) is 3. The summed E-state index contributed by atoms with van der Waals surface area (Å²) >= 11 is 5.79. The summed E-state index contributed by atoms with van der Waals surface area (Å²) in [7, 11) is 0. The number of aromatic amines is 1. The first-order chi connectivity index (χ1) is 18.0. The topological polar surface area (TPSA) is 121 Å². The number of amides is 1. The van der Waals surface area contributed by atoms with E-state index in [0.717, 1.165) is 25.9 Å². The van der Waals surface area contributed by atoms with Crippen molar-refractivity contribution in [2.75, 3.05) is 19.6 Å². The van der Waals surface area contributed by atoms with Crippen LogP contribution in [0.15, 0.2) is 35.3 Å². The van der Waals surface area contributed by atoms with Gasteiger partial charge in [-0.1, -0.05) is 11.6 Å². The lowest BCUT2D eigenvalue weighted by molar-refractivity contribution is -0.126. The number of halogens is 2. The number of nitrogens with zero attached hydrogens (tertiary/aromatic N) is 3. The van der Waals surface area contributed by atoms with Crippen LogP contribution in [0.1, 0.15) is 37.2 Å². The van der Waals surface area contributed by atoms with E-state index in [1.165, 1.54) is 37.2 Å². The van der Waals surface area contributed by atoms with Crippen molar-refractivity contribution in [3.05, 3.63) is 63.2 Å². The van der Waals surface area contributed by atoms with Crippen LogP contribution in [0.2, 0.25) is 5.02 Å². The van der Waals surface area contributed by atoms with Gasteiger partial charge in [-0.2, -0.15) is 0 Å². The van der Waals surface area contributed by atoms with Crippen molar-refractivity contribution < 1.29 is 18.7 Å². The molecule has 4 heterocycles. The van der Waals surface area contributed by atoms with E-state index in [0.29, 0.717) is 22.3 Å². The van der Waals surface area contributed by atoms with Crippen molar-refractivity contribution in [1.82, 2.24) is 30.5 Å². The summed E-state index contributed by atoms with van der Waals surface area (Å²) in [5.41, 5.74) is 0.587. The first kappa shape index (κ1) is 25.5. The molecule has 12 heteroatoms. The lowest BCUT2D eigenvalue weighted by atomic mass is 10.2. The summed E-state index contributed by atoms with van der Waals surface area (Å²) in [6, 6.07) is 5.56. The monoisotopic (exact) mass is 530 g/mol. The molecule has 2 fully saturated rings. The Morgan fingerprint density at radius 3 is 2.92 bits per heavy atom. The number of likely N-dealkylation sites (tertiary alicyclic amines) is 1. The molecule has 0 radical (unpaired) electrons. The molecule has 3 N–H and O–H groups in total. The van der Waals surface area contributed by atoms with Crippen LogP contribution in [-0.2, 0) is 22.7 Å². The minimum absolute atomic E-state index is 0.0584. The molecule has 196 valence electrons. The van der Waals surface area contributed by atoms with Crippen molar-refractivity contribution in [3.63, 3.8) is 0 Å². The van der Waals surface area contributed by atoms with E-state index in [-0.39, 0.29) is 54.5 Å². The Balaban J connectivity index is 1.17. The third kappa shape index (κ3) is 6.24. The van der Waals surface area contributed by atoms with Crippen LogP contribution < -0.4 is 20.9 Å². The predicted molar refractivity (Wildman–Crippen MR) is 134 cm³/mol. The van der Waals surface area contributed by atoms with Gasteiger partial charge in [0.05, 0.1) is 22.6 Å². The molecule has 10 nitrogen and oxygen atoms in total. The molecular weight excluding hydrogens is 503 g/mol. The van der Waals surface area contributed by atoms with E-state index >= 15 is 0 Å². The SMILES string of the molecule is O=C(CNCc1nccc2c(=O)[nH]c(COc3ccc(F)c(Cl)c3)nc12)N[C@H]1CCC(N2CCCC2)O1. The number of ether oxygens (including phenoxy) is 2. The molecule has 1 unspecified atom stereocenters. The fourth-order valence-corrected chi connectivity index (χ4v) is 4.80. The number of aromatic nitrogens is 3. The van der Waals surface area contributed by atoms with Gasteiger partial charge in [0, 0.05) is 31.9 Å². The Labute approximate surface area is 217 Å². The molecule has 2 aliphatic rings. The Bertz CT molecular complexity index is 1330. The molecule has 2 atom stereocenters. The van der Waals surface area contributed by atoms with E-state index in [9.17, 15) is 14.0 Å². The van der Waals surface area contributed by atoms with Gasteiger partial charge < -0.3 is 25.1 Å². The van der Waals surface area contributed by atoms with Crippen LogP contribution in [0.3, 0.4) is 0 Å². The molecule has 2 saturated heterocycles. The minimum Gasteiger partial charge on any atom is -0.486 e. The van der Waals surface area contributed by atoms with Gasteiger partial charge in [0.1, 0.15) is 42.0 Å². The Morgan fingerprint density at radius 2 is 2.11 bits per heavy atom. The number of benzene rings is 1. The number of carbonyl (C=O) groups excluding carboxylic acids is 1. The maximum Gasteiger partial charge on any atom is 0.258 e. The van der Waals surface area contributed by atoms with Crippen molar-refractivity contribution in [3.8, 4) is 5.75 Å². The third-order valence-corrected chi connectivity index (χ3v) is 6.75. The molecular formula is C25H28ClFN6O4. The van der Waals surface area contributed by atoms with Crippen LogP contribution in [-0.4, -0.2) is 57.8 Å². The van der Waals surface area contributed by atoms with Gasteiger partial charge in [-0.3, -0.25) is 19.5 Å². The second-order valence-corrected chi connectivity index (χ2v) is 9.51. The van der Waals surface area contributed by atoms with Crippen LogP contribution in [0, 0.1) is 5.82 Å². The Morgan fingerprint density at radius 1 is 1.27 bits per heavy atom. The zero-order valence-electron chi connectivity index (χ0n) is 20.1. The van der Waals surface area contributed by atoms with Gasteiger partial charge >= 0.3 is 0 Å². The van der Waals surface area contributed by atoms with Gasteiger partial charge in [-0.25, -0.2) is 9.37 Å². The first-order valence-corrected chi connectivity index (χ1v) is 12.7. The lowest BCUT2D eigenvalue weighted by Gasteiger charge is -2.23. The zero-order chi connectivity index (χ0) is 25.8. The van der Waals surface area contributed by atoms with Crippen molar-refractivity contribution >= 4 is 28.4 Å². The maximum atomic E-state index is 13.4. The second kappa shape index (κ2) is 11.5. The molecule has 3 aromatic rings. The molecule has 0 spiro atoms. The highest BCUT2D eigenvalue weighted by atomic mass is 35.5. The fourth-order valence-electron chi connectivity index (χ4n) is 4.63. The number of H-pyrrole nitrogens is 1. The molecule has 1 aromatic carbocycles. The summed E-state index contributed by atoms with van der Waals surface area (Å²) in [6.45, 7) is 2.34. The summed E-state index contributed by atoms with van der Waals surface area (Å²) in [5.74, 6) is -0.113. The summed E-state index contributed by atoms with van der Waals surface area (Å²) in [5, 5.41) is 6.30. The quantitative estimate of drug-likeness (QED) is 0.386. The molecule has 37 heavy (non-hydrogen) atoms. The maximum absolute atomic E-state index is 13.4. The molecule has 0 saturated carbocycles. The van der Waals surface area contributed by atoms with Crippen LogP contribution in [0.5, 0.6) is 5.75 Å². The number of rotatable bonds is 9. The van der Waals surface area contributed by atoms with E-state index < -0.39 is 5.82 Å².